The first-order valence-corrected chi connectivity index (χ1v) is 10.6. The fourth-order valence-corrected chi connectivity index (χ4v) is 2.99. The minimum absolute atomic E-state index is 0.237. The number of rotatable bonds is 0. The van der Waals surface area contributed by atoms with Crippen LogP contribution in [0.3, 0.4) is 0 Å². The lowest BCUT2D eigenvalue weighted by atomic mass is 10.0. The molecule has 3 heteroatoms. The van der Waals surface area contributed by atoms with Crippen molar-refractivity contribution >= 4 is 5.78 Å². The Balaban J connectivity index is 0. The van der Waals surface area contributed by atoms with Crippen LogP contribution in [0, 0.1) is 0 Å². The molecular weight excluding hydrogens is 308 g/mol. The Hall–Kier alpha value is -0.410. The zero-order valence-electron chi connectivity index (χ0n) is 19.2. The lowest BCUT2D eigenvalue weighted by Crippen LogP contribution is -2.46. The molecule has 2 aliphatic rings. The highest BCUT2D eigenvalue weighted by Gasteiger charge is 2.25. The fourth-order valence-electron chi connectivity index (χ4n) is 2.99. The van der Waals surface area contributed by atoms with Crippen LogP contribution in [0.5, 0.6) is 0 Å². The monoisotopic (exact) mass is 356 g/mol. The standard InChI is InChI=1S/C9H17NO.C9H19N.2C2H6/c1-9(2,3)10-6-4-8(11)5-7-10;1-9(2,3)10-7-5-4-6-8-10;2*1-2/h4-7H2,1-3H3;4-8H2,1-3H3;2*1-2H3. The van der Waals surface area contributed by atoms with Crippen molar-refractivity contribution in [2.45, 2.75) is 112 Å². The number of carbonyl (C=O) groups excluding carboxylic acids is 1. The number of piperidine rings is 2. The fraction of sp³-hybridized carbons (Fsp3) is 0.955. The highest BCUT2D eigenvalue weighted by molar-refractivity contribution is 5.79. The predicted octanol–water partition coefficient (Wildman–Crippen LogP) is 5.77. The molecule has 2 rings (SSSR count). The summed E-state index contributed by atoms with van der Waals surface area (Å²) in [5.41, 5.74) is 0.640. The van der Waals surface area contributed by atoms with Gasteiger partial charge in [0.25, 0.3) is 0 Å². The Morgan fingerprint density at radius 2 is 0.920 bits per heavy atom. The number of ketones is 1. The van der Waals surface area contributed by atoms with Gasteiger partial charge in [-0.05, 0) is 67.5 Å². The molecule has 3 nitrogen and oxygen atoms in total. The van der Waals surface area contributed by atoms with Gasteiger partial charge < -0.3 is 0 Å². The molecule has 2 fully saturated rings. The third-order valence-electron chi connectivity index (χ3n) is 4.57. The topological polar surface area (TPSA) is 23.6 Å². The van der Waals surface area contributed by atoms with E-state index < -0.39 is 0 Å². The number of nitrogens with zero attached hydrogens (tertiary/aromatic N) is 2. The van der Waals surface area contributed by atoms with Gasteiger partial charge in [0.1, 0.15) is 5.78 Å². The van der Waals surface area contributed by atoms with E-state index in [4.69, 9.17) is 0 Å². The van der Waals surface area contributed by atoms with Gasteiger partial charge in [0.15, 0.2) is 0 Å². The van der Waals surface area contributed by atoms with E-state index in [0.29, 0.717) is 11.3 Å². The van der Waals surface area contributed by atoms with E-state index in [1.807, 2.05) is 27.7 Å². The summed E-state index contributed by atoms with van der Waals surface area (Å²) in [5, 5.41) is 0. The van der Waals surface area contributed by atoms with Crippen molar-refractivity contribution in [3.63, 3.8) is 0 Å². The SMILES string of the molecule is CC.CC.CC(C)(C)N1CCC(=O)CC1.CC(C)(C)N1CCCCC1. The quantitative estimate of drug-likeness (QED) is 0.550. The average Bonchev–Trinajstić information content (AvgIpc) is 2.59. The molecule has 0 amide bonds. The first-order valence-electron chi connectivity index (χ1n) is 10.6. The molecule has 0 saturated carbocycles. The van der Waals surface area contributed by atoms with Crippen LogP contribution >= 0.6 is 0 Å². The summed E-state index contributed by atoms with van der Waals surface area (Å²) in [6.45, 7) is 26.0. The number of carbonyl (C=O) groups is 1. The van der Waals surface area contributed by atoms with Crippen molar-refractivity contribution in [1.29, 1.82) is 0 Å². The van der Waals surface area contributed by atoms with Gasteiger partial charge in [0, 0.05) is 37.0 Å². The average molecular weight is 357 g/mol. The maximum Gasteiger partial charge on any atom is 0.135 e. The van der Waals surface area contributed by atoms with Crippen LogP contribution in [0.4, 0.5) is 0 Å². The number of hydrogen-bond acceptors (Lipinski definition) is 3. The van der Waals surface area contributed by atoms with E-state index in [9.17, 15) is 4.79 Å². The minimum Gasteiger partial charge on any atom is -0.300 e. The second-order valence-corrected chi connectivity index (χ2v) is 8.42. The van der Waals surface area contributed by atoms with E-state index in [0.717, 1.165) is 25.9 Å². The molecule has 25 heavy (non-hydrogen) atoms. The molecule has 0 unspecified atom stereocenters. The maximum atomic E-state index is 10.9. The maximum absolute atomic E-state index is 10.9. The van der Waals surface area contributed by atoms with Crippen LogP contribution in [-0.4, -0.2) is 52.8 Å². The predicted molar refractivity (Wildman–Crippen MR) is 113 cm³/mol. The van der Waals surface area contributed by atoms with Crippen LogP contribution in [0.2, 0.25) is 0 Å². The van der Waals surface area contributed by atoms with Gasteiger partial charge in [0.05, 0.1) is 0 Å². The summed E-state index contributed by atoms with van der Waals surface area (Å²) >= 11 is 0. The van der Waals surface area contributed by atoms with Crippen molar-refractivity contribution in [2.24, 2.45) is 0 Å². The molecule has 0 bridgehead atoms. The summed E-state index contributed by atoms with van der Waals surface area (Å²) in [6, 6.07) is 0. The van der Waals surface area contributed by atoms with E-state index in [1.165, 1.54) is 32.4 Å². The molecule has 152 valence electrons. The Morgan fingerprint density at radius 3 is 1.20 bits per heavy atom. The molecule has 0 aliphatic carbocycles. The lowest BCUT2D eigenvalue weighted by Gasteiger charge is -2.38. The third kappa shape index (κ3) is 12.6. The van der Waals surface area contributed by atoms with E-state index in [2.05, 4.69) is 51.3 Å². The highest BCUT2D eigenvalue weighted by Crippen LogP contribution is 2.19. The summed E-state index contributed by atoms with van der Waals surface area (Å²) in [7, 11) is 0. The number of Topliss-reactive ketones (excluding diaryl/α,β-unsaturated/α-hetero) is 1. The van der Waals surface area contributed by atoms with Gasteiger partial charge in [-0.1, -0.05) is 34.1 Å². The van der Waals surface area contributed by atoms with Gasteiger partial charge in [-0.15, -0.1) is 0 Å². The van der Waals surface area contributed by atoms with Crippen LogP contribution in [-0.2, 0) is 4.79 Å². The normalized spacial score (nSPS) is 19.5. The van der Waals surface area contributed by atoms with Gasteiger partial charge in [0.2, 0.25) is 0 Å². The molecule has 0 aromatic rings. The highest BCUT2D eigenvalue weighted by atomic mass is 16.1. The summed E-state index contributed by atoms with van der Waals surface area (Å²) in [5.74, 6) is 0.422. The molecule has 2 aliphatic heterocycles. The zero-order chi connectivity index (χ0) is 20.1. The molecule has 2 heterocycles. The molecule has 0 aromatic carbocycles. The summed E-state index contributed by atoms with van der Waals surface area (Å²) in [4.78, 5) is 15.9. The molecule has 2 saturated heterocycles. The van der Waals surface area contributed by atoms with E-state index in [-0.39, 0.29) is 5.54 Å². The molecule has 0 radical (unpaired) electrons. The molecule has 0 aromatic heterocycles. The Labute approximate surface area is 159 Å². The molecular formula is C22H48N2O. The van der Waals surface area contributed by atoms with Gasteiger partial charge in [-0.25, -0.2) is 0 Å². The second kappa shape index (κ2) is 13.7. The minimum atomic E-state index is 0.237. The van der Waals surface area contributed by atoms with E-state index >= 15 is 0 Å². The lowest BCUT2D eigenvalue weighted by molar-refractivity contribution is -0.122. The van der Waals surface area contributed by atoms with Crippen molar-refractivity contribution in [2.75, 3.05) is 26.2 Å². The number of likely N-dealkylation sites (tertiary alicyclic amines) is 2. The van der Waals surface area contributed by atoms with E-state index in [1.54, 1.807) is 0 Å². The molecule has 0 spiro atoms. The van der Waals surface area contributed by atoms with Crippen LogP contribution in [0.1, 0.15) is 101 Å². The van der Waals surface area contributed by atoms with Gasteiger partial charge in [-0.3, -0.25) is 14.6 Å². The Bertz CT molecular complexity index is 310. The van der Waals surface area contributed by atoms with Crippen molar-refractivity contribution in [1.82, 2.24) is 9.80 Å². The molecule has 0 N–H and O–H groups in total. The van der Waals surface area contributed by atoms with Crippen molar-refractivity contribution in [3.05, 3.63) is 0 Å². The van der Waals surface area contributed by atoms with Gasteiger partial charge >= 0.3 is 0 Å². The first kappa shape index (κ1) is 26.8. The van der Waals surface area contributed by atoms with Crippen molar-refractivity contribution < 1.29 is 4.79 Å². The summed E-state index contributed by atoms with van der Waals surface area (Å²) < 4.78 is 0. The molecule has 0 atom stereocenters. The van der Waals surface area contributed by atoms with Crippen LogP contribution in [0.15, 0.2) is 0 Å². The Kier molecular flexibility index (Phi) is 14.7. The Morgan fingerprint density at radius 1 is 0.600 bits per heavy atom. The number of hydrogen-bond donors (Lipinski definition) is 0. The second-order valence-electron chi connectivity index (χ2n) is 8.42. The zero-order valence-corrected chi connectivity index (χ0v) is 19.2. The first-order chi connectivity index (χ1) is 11.6. The largest absolute Gasteiger partial charge is 0.300 e. The van der Waals surface area contributed by atoms with Crippen molar-refractivity contribution in [3.8, 4) is 0 Å². The summed E-state index contributed by atoms with van der Waals surface area (Å²) in [6.07, 6.45) is 5.73. The van der Waals surface area contributed by atoms with Crippen LogP contribution < -0.4 is 0 Å². The third-order valence-corrected chi connectivity index (χ3v) is 4.57. The smallest absolute Gasteiger partial charge is 0.135 e. The van der Waals surface area contributed by atoms with Gasteiger partial charge in [-0.2, -0.15) is 0 Å². The van der Waals surface area contributed by atoms with Crippen LogP contribution in [0.25, 0.3) is 0 Å².